The van der Waals surface area contributed by atoms with Crippen molar-refractivity contribution in [2.75, 3.05) is 46.0 Å². The number of carboxylic acid groups (broad SMARTS) is 1. The predicted molar refractivity (Wildman–Crippen MR) is 95.6 cm³/mol. The second-order valence-corrected chi connectivity index (χ2v) is 6.77. The molecule has 1 aromatic rings. The highest BCUT2D eigenvalue weighted by molar-refractivity contribution is 5.92. The molecule has 3 heterocycles. The molecule has 1 atom stereocenters. The fourth-order valence-corrected chi connectivity index (χ4v) is 3.03. The van der Waals surface area contributed by atoms with Crippen LogP contribution in [0.2, 0.25) is 0 Å². The first kappa shape index (κ1) is 23.5. The van der Waals surface area contributed by atoms with E-state index in [0.29, 0.717) is 51.7 Å². The van der Waals surface area contributed by atoms with Crippen LogP contribution in [0.1, 0.15) is 17.4 Å². The van der Waals surface area contributed by atoms with Gasteiger partial charge in [-0.1, -0.05) is 6.07 Å². The van der Waals surface area contributed by atoms with Crippen LogP contribution in [0.3, 0.4) is 0 Å². The van der Waals surface area contributed by atoms with Gasteiger partial charge in [0, 0.05) is 26.2 Å². The number of aliphatic carboxylic acids is 1. The van der Waals surface area contributed by atoms with Gasteiger partial charge in [-0.2, -0.15) is 13.2 Å². The van der Waals surface area contributed by atoms with Crippen molar-refractivity contribution in [3.05, 3.63) is 30.1 Å². The van der Waals surface area contributed by atoms with Gasteiger partial charge >= 0.3 is 12.1 Å². The van der Waals surface area contributed by atoms with E-state index < -0.39 is 17.7 Å². The molecular weight excluding hydrogens is 411 g/mol. The Hall–Kier alpha value is -2.73. The third-order valence-electron chi connectivity index (χ3n) is 4.46. The Labute approximate surface area is 170 Å². The van der Waals surface area contributed by atoms with Crippen molar-refractivity contribution in [2.45, 2.75) is 18.7 Å². The second-order valence-electron chi connectivity index (χ2n) is 6.77. The molecule has 2 aliphatic heterocycles. The van der Waals surface area contributed by atoms with Crippen LogP contribution in [0.25, 0.3) is 0 Å². The Morgan fingerprint density at radius 2 is 1.77 bits per heavy atom. The van der Waals surface area contributed by atoms with Crippen molar-refractivity contribution in [1.82, 2.24) is 14.8 Å². The van der Waals surface area contributed by atoms with Crippen LogP contribution in [0.4, 0.5) is 13.2 Å². The molecule has 0 radical (unpaired) electrons. The second kappa shape index (κ2) is 9.85. The van der Waals surface area contributed by atoms with Crippen molar-refractivity contribution < 1.29 is 42.1 Å². The fourth-order valence-electron chi connectivity index (χ4n) is 3.03. The summed E-state index contributed by atoms with van der Waals surface area (Å²) in [7, 11) is 0. The minimum atomic E-state index is -5.08. The van der Waals surface area contributed by atoms with E-state index in [-0.39, 0.29) is 11.8 Å². The van der Waals surface area contributed by atoms with Gasteiger partial charge in [0.1, 0.15) is 11.3 Å². The van der Waals surface area contributed by atoms with Gasteiger partial charge in [-0.15, -0.1) is 0 Å². The molecule has 0 aromatic carbocycles. The van der Waals surface area contributed by atoms with Gasteiger partial charge in [-0.25, -0.2) is 4.79 Å². The number of hydrogen-bond acceptors (Lipinski definition) is 6. The summed E-state index contributed by atoms with van der Waals surface area (Å²) in [6.45, 7) is 4.72. The van der Waals surface area contributed by atoms with E-state index in [9.17, 15) is 22.8 Å². The first-order valence-electron chi connectivity index (χ1n) is 9.02. The Morgan fingerprint density at radius 1 is 1.13 bits per heavy atom. The van der Waals surface area contributed by atoms with Crippen molar-refractivity contribution in [2.24, 2.45) is 0 Å². The van der Waals surface area contributed by atoms with Crippen LogP contribution in [-0.4, -0.2) is 95.5 Å². The molecule has 1 aromatic heterocycles. The number of amides is 2. The number of alkyl halides is 3. The highest BCUT2D eigenvalue weighted by atomic mass is 19.4. The average Bonchev–Trinajstić information content (AvgIpc) is 2.90. The van der Waals surface area contributed by atoms with Crippen LogP contribution in [0.15, 0.2) is 24.4 Å². The number of ether oxygens (including phenoxy) is 2. The fraction of sp³-hybridized carbons (Fsp3) is 0.556. The van der Waals surface area contributed by atoms with Gasteiger partial charge in [-0.05, 0) is 12.1 Å². The summed E-state index contributed by atoms with van der Waals surface area (Å²) in [4.78, 5) is 40.8. The number of hydrogen-bond donors (Lipinski definition) is 1. The number of halogens is 3. The predicted octanol–water partition coefficient (Wildman–Crippen LogP) is 0.805. The third-order valence-corrected chi connectivity index (χ3v) is 4.46. The number of morpholine rings is 1. The average molecular weight is 433 g/mol. The lowest BCUT2D eigenvalue weighted by atomic mass is 10.0. The molecule has 2 aliphatic rings. The number of nitrogens with zero attached hydrogens (tertiary/aromatic N) is 3. The number of rotatable bonds is 1. The lowest BCUT2D eigenvalue weighted by Crippen LogP contribution is -2.60. The highest BCUT2D eigenvalue weighted by Gasteiger charge is 2.42. The van der Waals surface area contributed by atoms with Crippen LogP contribution in [0, 0.1) is 0 Å². The van der Waals surface area contributed by atoms with Crippen LogP contribution < -0.4 is 0 Å². The summed E-state index contributed by atoms with van der Waals surface area (Å²) in [5, 5.41) is 7.12. The smallest absolute Gasteiger partial charge is 0.475 e. The first-order chi connectivity index (χ1) is 14.0. The van der Waals surface area contributed by atoms with Crippen LogP contribution in [-0.2, 0) is 19.1 Å². The van der Waals surface area contributed by atoms with E-state index >= 15 is 0 Å². The first-order valence-corrected chi connectivity index (χ1v) is 9.02. The van der Waals surface area contributed by atoms with Crippen molar-refractivity contribution in [3.8, 4) is 0 Å². The summed E-state index contributed by atoms with van der Waals surface area (Å²) in [6.07, 6.45) is -3.48. The zero-order valence-electron chi connectivity index (χ0n) is 16.2. The van der Waals surface area contributed by atoms with E-state index in [2.05, 4.69) is 4.98 Å². The van der Waals surface area contributed by atoms with Gasteiger partial charge in [0.25, 0.3) is 5.91 Å². The molecule has 1 N–H and O–H groups in total. The van der Waals surface area contributed by atoms with Gasteiger partial charge in [-0.3, -0.25) is 14.6 Å². The molecular formula is C18H22F3N3O6. The van der Waals surface area contributed by atoms with Crippen molar-refractivity contribution in [3.63, 3.8) is 0 Å². The van der Waals surface area contributed by atoms with Gasteiger partial charge in [0.05, 0.1) is 32.9 Å². The van der Waals surface area contributed by atoms with Crippen LogP contribution in [0.5, 0.6) is 0 Å². The molecule has 0 aliphatic carbocycles. The maximum Gasteiger partial charge on any atom is 0.490 e. The van der Waals surface area contributed by atoms with E-state index in [4.69, 9.17) is 19.4 Å². The maximum absolute atomic E-state index is 12.6. The molecule has 166 valence electrons. The summed E-state index contributed by atoms with van der Waals surface area (Å²) in [6, 6.07) is 5.28. The Kier molecular flexibility index (Phi) is 7.73. The molecule has 0 bridgehead atoms. The molecule has 12 heteroatoms. The zero-order chi connectivity index (χ0) is 22.4. The number of pyridine rings is 1. The van der Waals surface area contributed by atoms with E-state index in [1.807, 2.05) is 0 Å². The van der Waals surface area contributed by atoms with Gasteiger partial charge in [0.2, 0.25) is 5.91 Å². The molecule has 30 heavy (non-hydrogen) atoms. The minimum Gasteiger partial charge on any atom is -0.475 e. The van der Waals surface area contributed by atoms with E-state index in [1.54, 1.807) is 41.1 Å². The number of carboxylic acids is 1. The van der Waals surface area contributed by atoms with E-state index in [1.165, 1.54) is 0 Å². The minimum absolute atomic E-state index is 0.00773. The van der Waals surface area contributed by atoms with Gasteiger partial charge in [0.15, 0.2) is 0 Å². The third kappa shape index (κ3) is 6.39. The van der Waals surface area contributed by atoms with Crippen molar-refractivity contribution in [1.29, 1.82) is 0 Å². The Balaban J connectivity index is 0.000000396. The van der Waals surface area contributed by atoms with Crippen LogP contribution >= 0.6 is 0 Å². The molecule has 3 rings (SSSR count). The Morgan fingerprint density at radius 3 is 2.33 bits per heavy atom. The maximum atomic E-state index is 12.6. The quantitative estimate of drug-likeness (QED) is 0.698. The highest BCUT2D eigenvalue weighted by Crippen LogP contribution is 2.23. The molecule has 9 nitrogen and oxygen atoms in total. The normalized spacial score (nSPS) is 22.0. The SMILES string of the molecule is CC(=O)N1CCOCC2(C1)CN(C(=O)c1ccccn1)CCO2.O=C(O)C(F)(F)F. The monoisotopic (exact) mass is 433 g/mol. The summed E-state index contributed by atoms with van der Waals surface area (Å²) >= 11 is 0. The van der Waals surface area contributed by atoms with E-state index in [0.717, 1.165) is 0 Å². The summed E-state index contributed by atoms with van der Waals surface area (Å²) < 4.78 is 43.3. The Bertz CT molecular complexity index is 761. The zero-order valence-corrected chi connectivity index (χ0v) is 16.2. The number of carbonyl (C=O) groups is 3. The largest absolute Gasteiger partial charge is 0.490 e. The summed E-state index contributed by atoms with van der Waals surface area (Å²) in [5.41, 5.74) is -0.243. The lowest BCUT2D eigenvalue weighted by Gasteiger charge is -2.43. The molecule has 2 fully saturated rings. The number of aromatic nitrogens is 1. The molecule has 1 unspecified atom stereocenters. The van der Waals surface area contributed by atoms with Crippen molar-refractivity contribution >= 4 is 17.8 Å². The molecule has 2 amide bonds. The standard InChI is InChI=1S/C16H21N3O4.C2HF3O2/c1-13(20)18-6-8-22-12-16(10-18)11-19(7-9-23-16)15(21)14-4-2-3-5-17-14;3-2(4,5)1(6)7/h2-5H,6-12H2,1H3;(H,6,7). The lowest BCUT2D eigenvalue weighted by molar-refractivity contribution is -0.192. The number of carbonyl (C=O) groups excluding carboxylic acids is 2. The van der Waals surface area contributed by atoms with Gasteiger partial charge < -0.3 is 24.4 Å². The molecule has 0 saturated carbocycles. The molecule has 2 saturated heterocycles. The molecule has 1 spiro atoms. The summed E-state index contributed by atoms with van der Waals surface area (Å²) in [5.74, 6) is -2.88. The topological polar surface area (TPSA) is 109 Å².